The maximum atomic E-state index is 12.3. The molecule has 24 heavy (non-hydrogen) atoms. The van der Waals surface area contributed by atoms with Crippen LogP contribution < -0.4 is 10.6 Å². The van der Waals surface area contributed by atoms with Crippen LogP contribution in [0, 0.1) is 5.92 Å². The van der Waals surface area contributed by atoms with E-state index >= 15 is 0 Å². The SMILES string of the molecule is CC(C)CN1C2CCCC1CC(NC(=O)Nc1ccccc1Cl)C2. The number of nitrogens with one attached hydrogen (secondary N) is 2. The molecule has 2 saturated heterocycles. The average Bonchev–Trinajstić information content (AvgIpc) is 2.50. The summed E-state index contributed by atoms with van der Waals surface area (Å²) in [6.45, 7) is 5.75. The van der Waals surface area contributed by atoms with E-state index in [1.807, 2.05) is 18.2 Å². The Morgan fingerprint density at radius 1 is 1.25 bits per heavy atom. The quantitative estimate of drug-likeness (QED) is 0.840. The molecule has 0 aromatic heterocycles. The minimum atomic E-state index is -0.150. The van der Waals surface area contributed by atoms with Crippen LogP contribution in [0.25, 0.3) is 0 Å². The third kappa shape index (κ3) is 4.22. The fourth-order valence-electron chi connectivity index (χ4n) is 4.22. The second-order valence-corrected chi connectivity index (χ2v) is 7.98. The molecule has 2 amide bonds. The lowest BCUT2D eigenvalue weighted by atomic mass is 9.81. The van der Waals surface area contributed by atoms with Gasteiger partial charge in [0.2, 0.25) is 0 Å². The minimum Gasteiger partial charge on any atom is -0.335 e. The fourth-order valence-corrected chi connectivity index (χ4v) is 4.41. The van der Waals surface area contributed by atoms with Crippen molar-refractivity contribution in [3.05, 3.63) is 29.3 Å². The number of benzene rings is 1. The third-order valence-electron chi connectivity index (χ3n) is 5.16. The Labute approximate surface area is 149 Å². The van der Waals surface area contributed by atoms with Crippen molar-refractivity contribution in [1.29, 1.82) is 0 Å². The van der Waals surface area contributed by atoms with Crippen LogP contribution in [-0.4, -0.2) is 35.6 Å². The third-order valence-corrected chi connectivity index (χ3v) is 5.49. The van der Waals surface area contributed by atoms with Gasteiger partial charge in [-0.25, -0.2) is 4.79 Å². The van der Waals surface area contributed by atoms with E-state index in [0.29, 0.717) is 28.7 Å². The van der Waals surface area contributed by atoms with E-state index in [2.05, 4.69) is 29.4 Å². The van der Waals surface area contributed by atoms with Gasteiger partial charge in [0.1, 0.15) is 0 Å². The number of hydrogen-bond donors (Lipinski definition) is 2. The molecule has 2 heterocycles. The Bertz CT molecular complexity index is 563. The molecule has 0 saturated carbocycles. The van der Waals surface area contributed by atoms with Crippen LogP contribution in [0.4, 0.5) is 10.5 Å². The Morgan fingerprint density at radius 3 is 2.54 bits per heavy atom. The Kier molecular flexibility index (Phi) is 5.67. The van der Waals surface area contributed by atoms with E-state index in [1.165, 1.54) is 25.8 Å². The van der Waals surface area contributed by atoms with Crippen LogP contribution in [0.3, 0.4) is 0 Å². The molecule has 2 fully saturated rings. The second-order valence-electron chi connectivity index (χ2n) is 7.58. The molecule has 1 aromatic rings. The van der Waals surface area contributed by atoms with Crippen molar-refractivity contribution < 1.29 is 4.79 Å². The van der Waals surface area contributed by atoms with Gasteiger partial charge in [-0.1, -0.05) is 44.0 Å². The monoisotopic (exact) mass is 349 g/mol. The summed E-state index contributed by atoms with van der Waals surface area (Å²) in [7, 11) is 0. The van der Waals surface area contributed by atoms with Crippen molar-refractivity contribution in [3.8, 4) is 0 Å². The van der Waals surface area contributed by atoms with E-state index < -0.39 is 0 Å². The lowest BCUT2D eigenvalue weighted by Crippen LogP contribution is -2.58. The number of anilines is 1. The van der Waals surface area contributed by atoms with Gasteiger partial charge in [-0.2, -0.15) is 0 Å². The molecule has 2 N–H and O–H groups in total. The largest absolute Gasteiger partial charge is 0.335 e. The maximum Gasteiger partial charge on any atom is 0.319 e. The number of para-hydroxylation sites is 1. The van der Waals surface area contributed by atoms with Crippen molar-refractivity contribution >= 4 is 23.3 Å². The molecular formula is C19H28ClN3O. The zero-order valence-electron chi connectivity index (χ0n) is 14.6. The molecule has 5 heteroatoms. The predicted octanol–water partition coefficient (Wildman–Crippen LogP) is 4.50. The van der Waals surface area contributed by atoms with Gasteiger partial charge < -0.3 is 10.6 Å². The second kappa shape index (κ2) is 7.75. The summed E-state index contributed by atoms with van der Waals surface area (Å²) >= 11 is 6.11. The van der Waals surface area contributed by atoms with Gasteiger partial charge in [0, 0.05) is 24.7 Å². The first-order chi connectivity index (χ1) is 11.5. The Morgan fingerprint density at radius 2 is 1.92 bits per heavy atom. The highest BCUT2D eigenvalue weighted by molar-refractivity contribution is 6.33. The molecule has 2 aliphatic rings. The molecule has 3 rings (SSSR count). The number of nitrogens with zero attached hydrogens (tertiary/aromatic N) is 1. The standard InChI is InChI=1S/C19H28ClN3O/c1-13(2)12-23-15-6-5-7-16(23)11-14(10-15)21-19(24)22-18-9-4-3-8-17(18)20/h3-4,8-9,13-16H,5-7,10-12H2,1-2H3,(H2,21,22,24). The summed E-state index contributed by atoms with van der Waals surface area (Å²) in [4.78, 5) is 15.0. The molecule has 0 spiro atoms. The van der Waals surface area contributed by atoms with Crippen LogP contribution in [0.5, 0.6) is 0 Å². The normalized spacial score (nSPS) is 27.1. The van der Waals surface area contributed by atoms with E-state index in [1.54, 1.807) is 6.07 Å². The highest BCUT2D eigenvalue weighted by Crippen LogP contribution is 2.34. The van der Waals surface area contributed by atoms with Crippen LogP contribution in [-0.2, 0) is 0 Å². The van der Waals surface area contributed by atoms with Crippen molar-refractivity contribution in [3.63, 3.8) is 0 Å². The zero-order valence-corrected chi connectivity index (χ0v) is 15.4. The smallest absolute Gasteiger partial charge is 0.319 e. The summed E-state index contributed by atoms with van der Waals surface area (Å²) in [6.07, 6.45) is 5.95. The molecular weight excluding hydrogens is 322 g/mol. The summed E-state index contributed by atoms with van der Waals surface area (Å²) < 4.78 is 0. The Balaban J connectivity index is 1.57. The molecule has 132 valence electrons. The van der Waals surface area contributed by atoms with Crippen molar-refractivity contribution in [2.75, 3.05) is 11.9 Å². The minimum absolute atomic E-state index is 0.150. The average molecular weight is 350 g/mol. The lowest BCUT2D eigenvalue weighted by Gasteiger charge is -2.49. The molecule has 2 unspecified atom stereocenters. The number of carbonyl (C=O) groups is 1. The highest BCUT2D eigenvalue weighted by atomic mass is 35.5. The molecule has 2 bridgehead atoms. The van der Waals surface area contributed by atoms with Crippen molar-refractivity contribution in [1.82, 2.24) is 10.2 Å². The first-order valence-electron chi connectivity index (χ1n) is 9.10. The highest BCUT2D eigenvalue weighted by Gasteiger charge is 2.38. The number of fused-ring (bicyclic) bond motifs is 2. The summed E-state index contributed by atoms with van der Waals surface area (Å²) in [5, 5.41) is 6.60. The molecule has 0 radical (unpaired) electrons. The van der Waals surface area contributed by atoms with Crippen molar-refractivity contribution in [2.45, 2.75) is 64.1 Å². The topological polar surface area (TPSA) is 44.4 Å². The van der Waals surface area contributed by atoms with E-state index in [-0.39, 0.29) is 12.1 Å². The summed E-state index contributed by atoms with van der Waals surface area (Å²) in [5.41, 5.74) is 0.661. The van der Waals surface area contributed by atoms with Gasteiger partial charge in [0.25, 0.3) is 0 Å². The number of hydrogen-bond acceptors (Lipinski definition) is 2. The van der Waals surface area contributed by atoms with Gasteiger partial charge in [-0.15, -0.1) is 0 Å². The summed E-state index contributed by atoms with van der Waals surface area (Å²) in [6, 6.07) is 8.67. The van der Waals surface area contributed by atoms with E-state index in [0.717, 1.165) is 12.8 Å². The first kappa shape index (κ1) is 17.6. The molecule has 2 aliphatic heterocycles. The van der Waals surface area contributed by atoms with Crippen LogP contribution in [0.15, 0.2) is 24.3 Å². The molecule has 4 nitrogen and oxygen atoms in total. The number of halogens is 1. The van der Waals surface area contributed by atoms with Gasteiger partial charge >= 0.3 is 6.03 Å². The molecule has 2 atom stereocenters. The molecule has 1 aromatic carbocycles. The fraction of sp³-hybridized carbons (Fsp3) is 0.632. The van der Waals surface area contributed by atoms with Gasteiger partial charge in [0.05, 0.1) is 10.7 Å². The maximum absolute atomic E-state index is 12.3. The van der Waals surface area contributed by atoms with Gasteiger partial charge in [-0.3, -0.25) is 4.90 Å². The number of piperidine rings is 2. The number of rotatable bonds is 4. The van der Waals surface area contributed by atoms with Crippen LogP contribution >= 0.6 is 11.6 Å². The zero-order chi connectivity index (χ0) is 17.1. The molecule has 0 aliphatic carbocycles. The van der Waals surface area contributed by atoms with Gasteiger partial charge in [-0.05, 0) is 43.7 Å². The summed E-state index contributed by atoms with van der Waals surface area (Å²) in [5.74, 6) is 0.695. The van der Waals surface area contributed by atoms with Crippen LogP contribution in [0.2, 0.25) is 5.02 Å². The van der Waals surface area contributed by atoms with E-state index in [9.17, 15) is 4.79 Å². The van der Waals surface area contributed by atoms with E-state index in [4.69, 9.17) is 11.6 Å². The van der Waals surface area contributed by atoms with Gasteiger partial charge in [0.15, 0.2) is 0 Å². The number of carbonyl (C=O) groups excluding carboxylic acids is 1. The predicted molar refractivity (Wildman–Crippen MR) is 99.6 cm³/mol. The number of urea groups is 1. The van der Waals surface area contributed by atoms with Crippen molar-refractivity contribution in [2.24, 2.45) is 5.92 Å². The number of amides is 2. The lowest BCUT2D eigenvalue weighted by molar-refractivity contribution is 0.0180. The van der Waals surface area contributed by atoms with Crippen LogP contribution in [0.1, 0.15) is 46.0 Å². The Hall–Kier alpha value is -1.26. The first-order valence-corrected chi connectivity index (χ1v) is 9.48.